The molecule has 0 fully saturated rings. The first kappa shape index (κ1) is 13.3. The molecule has 2 aromatic heterocycles. The Bertz CT molecular complexity index is 823. The van der Waals surface area contributed by atoms with Crippen molar-refractivity contribution in [3.63, 3.8) is 0 Å². The van der Waals surface area contributed by atoms with Crippen LogP contribution in [0.5, 0.6) is 0 Å². The molecule has 1 aromatic carbocycles. The molecular weight excluding hydrogens is 288 g/mol. The Labute approximate surface area is 115 Å². The Balaban J connectivity index is 2.27. The van der Waals surface area contributed by atoms with E-state index in [2.05, 4.69) is 9.97 Å². The van der Waals surface area contributed by atoms with Gasteiger partial charge in [-0.1, -0.05) is 0 Å². The van der Waals surface area contributed by atoms with Crippen molar-refractivity contribution in [2.24, 2.45) is 0 Å². The fourth-order valence-electron chi connectivity index (χ4n) is 2.05. The molecule has 0 aliphatic carbocycles. The van der Waals surface area contributed by atoms with E-state index in [0.717, 1.165) is 6.07 Å². The lowest BCUT2D eigenvalue weighted by Gasteiger charge is -2.11. The lowest BCUT2D eigenvalue weighted by atomic mass is 10.2. The number of nitrogens with two attached hydrogens (primary N) is 1. The summed E-state index contributed by atoms with van der Waals surface area (Å²) in [6, 6.07) is 5.87. The second-order valence-corrected chi connectivity index (χ2v) is 4.31. The van der Waals surface area contributed by atoms with Crippen LogP contribution in [0.25, 0.3) is 16.9 Å². The Morgan fingerprint density at radius 1 is 1.14 bits per heavy atom. The molecule has 0 aliphatic rings. The first-order valence-electron chi connectivity index (χ1n) is 5.84. The monoisotopic (exact) mass is 296 g/mol. The number of benzene rings is 1. The summed E-state index contributed by atoms with van der Waals surface area (Å²) >= 11 is 0. The van der Waals surface area contributed by atoms with Gasteiger partial charge in [-0.2, -0.15) is 13.2 Å². The van der Waals surface area contributed by atoms with Gasteiger partial charge in [-0.3, -0.25) is 4.57 Å². The van der Waals surface area contributed by atoms with Crippen LogP contribution in [0, 0.1) is 5.82 Å². The maximum atomic E-state index is 13.3. The predicted octanol–water partition coefficient (Wildman–Crippen LogP) is 3.16. The SMILES string of the molecule is Nc1nc2cccnc2n1-c1ccc(F)c(C(F)(F)F)c1. The van der Waals surface area contributed by atoms with E-state index in [1.807, 2.05) is 0 Å². The highest BCUT2D eigenvalue weighted by Crippen LogP contribution is 2.33. The predicted molar refractivity (Wildman–Crippen MR) is 68.2 cm³/mol. The van der Waals surface area contributed by atoms with Gasteiger partial charge in [0, 0.05) is 6.20 Å². The van der Waals surface area contributed by atoms with E-state index in [1.165, 1.54) is 16.8 Å². The summed E-state index contributed by atoms with van der Waals surface area (Å²) in [5, 5.41) is 0. The maximum Gasteiger partial charge on any atom is 0.419 e. The molecule has 0 spiro atoms. The molecule has 108 valence electrons. The standard InChI is InChI=1S/C13H8F4N4/c14-9-4-3-7(6-8(9)13(15,16)17)21-11-10(20-12(21)18)2-1-5-19-11/h1-6H,(H2,18,20). The molecule has 3 rings (SSSR count). The van der Waals surface area contributed by atoms with Gasteiger partial charge in [0.1, 0.15) is 11.3 Å². The third kappa shape index (κ3) is 2.18. The summed E-state index contributed by atoms with van der Waals surface area (Å²) in [5.41, 5.74) is 5.14. The van der Waals surface area contributed by atoms with Crippen molar-refractivity contribution >= 4 is 17.1 Å². The molecule has 0 radical (unpaired) electrons. The number of hydrogen-bond donors (Lipinski definition) is 1. The number of nitrogens with zero attached hydrogens (tertiary/aromatic N) is 3. The number of nitrogen functional groups attached to an aromatic ring is 1. The van der Waals surface area contributed by atoms with Crippen molar-refractivity contribution in [3.05, 3.63) is 47.9 Å². The highest BCUT2D eigenvalue weighted by atomic mass is 19.4. The first-order chi connectivity index (χ1) is 9.88. The highest BCUT2D eigenvalue weighted by molar-refractivity contribution is 5.76. The van der Waals surface area contributed by atoms with E-state index < -0.39 is 17.6 Å². The zero-order chi connectivity index (χ0) is 15.2. The van der Waals surface area contributed by atoms with Crippen LogP contribution < -0.4 is 5.73 Å². The van der Waals surface area contributed by atoms with E-state index in [4.69, 9.17) is 5.73 Å². The fraction of sp³-hybridized carbons (Fsp3) is 0.0769. The summed E-state index contributed by atoms with van der Waals surface area (Å²) in [6.45, 7) is 0. The number of anilines is 1. The third-order valence-corrected chi connectivity index (χ3v) is 2.96. The molecule has 0 bridgehead atoms. The average Bonchev–Trinajstić information content (AvgIpc) is 2.74. The van der Waals surface area contributed by atoms with Gasteiger partial charge in [0.05, 0.1) is 11.3 Å². The van der Waals surface area contributed by atoms with Gasteiger partial charge in [-0.05, 0) is 30.3 Å². The molecular formula is C13H8F4N4. The molecule has 0 atom stereocenters. The normalized spacial score (nSPS) is 12.0. The zero-order valence-corrected chi connectivity index (χ0v) is 10.4. The van der Waals surface area contributed by atoms with E-state index in [9.17, 15) is 17.6 Å². The smallest absolute Gasteiger partial charge is 0.369 e. The summed E-state index contributed by atoms with van der Waals surface area (Å²) in [5.74, 6) is -1.37. The van der Waals surface area contributed by atoms with Gasteiger partial charge >= 0.3 is 6.18 Å². The first-order valence-corrected chi connectivity index (χ1v) is 5.84. The zero-order valence-electron chi connectivity index (χ0n) is 10.4. The summed E-state index contributed by atoms with van der Waals surface area (Å²) in [6.07, 6.45) is -3.33. The molecule has 21 heavy (non-hydrogen) atoms. The lowest BCUT2D eigenvalue weighted by molar-refractivity contribution is -0.140. The van der Waals surface area contributed by atoms with Crippen molar-refractivity contribution in [2.75, 3.05) is 5.73 Å². The van der Waals surface area contributed by atoms with E-state index in [-0.39, 0.29) is 11.6 Å². The van der Waals surface area contributed by atoms with Crippen molar-refractivity contribution in [3.8, 4) is 5.69 Å². The number of rotatable bonds is 1. The molecule has 2 heterocycles. The van der Waals surface area contributed by atoms with Crippen molar-refractivity contribution in [2.45, 2.75) is 6.18 Å². The van der Waals surface area contributed by atoms with Crippen LogP contribution in [-0.2, 0) is 6.18 Å². The molecule has 0 aliphatic heterocycles. The molecule has 4 nitrogen and oxygen atoms in total. The van der Waals surface area contributed by atoms with Crippen molar-refractivity contribution in [1.82, 2.24) is 14.5 Å². The van der Waals surface area contributed by atoms with Crippen molar-refractivity contribution < 1.29 is 17.6 Å². The van der Waals surface area contributed by atoms with Gasteiger partial charge in [0.15, 0.2) is 5.65 Å². The minimum Gasteiger partial charge on any atom is -0.369 e. The Kier molecular flexibility index (Phi) is 2.82. The van der Waals surface area contributed by atoms with Gasteiger partial charge in [0.25, 0.3) is 0 Å². The fourth-order valence-corrected chi connectivity index (χ4v) is 2.05. The minimum absolute atomic E-state index is 0.0246. The van der Waals surface area contributed by atoms with Crippen LogP contribution >= 0.6 is 0 Å². The number of alkyl halides is 3. The molecule has 0 saturated heterocycles. The molecule has 0 saturated carbocycles. The van der Waals surface area contributed by atoms with Gasteiger partial charge < -0.3 is 5.73 Å². The topological polar surface area (TPSA) is 56.7 Å². The van der Waals surface area contributed by atoms with Crippen LogP contribution in [0.15, 0.2) is 36.5 Å². The Hall–Kier alpha value is -2.64. The average molecular weight is 296 g/mol. The van der Waals surface area contributed by atoms with E-state index in [1.54, 1.807) is 12.1 Å². The van der Waals surface area contributed by atoms with Crippen LogP contribution in [-0.4, -0.2) is 14.5 Å². The van der Waals surface area contributed by atoms with E-state index >= 15 is 0 Å². The number of halogens is 4. The van der Waals surface area contributed by atoms with Crippen LogP contribution in [0.3, 0.4) is 0 Å². The molecule has 3 aromatic rings. The number of imidazole rings is 1. The quantitative estimate of drug-likeness (QED) is 0.702. The molecule has 0 amide bonds. The second kappa shape index (κ2) is 4.44. The Morgan fingerprint density at radius 2 is 1.90 bits per heavy atom. The van der Waals surface area contributed by atoms with Crippen LogP contribution in [0.4, 0.5) is 23.5 Å². The number of hydrogen-bond acceptors (Lipinski definition) is 3. The van der Waals surface area contributed by atoms with Gasteiger partial charge in [-0.25, -0.2) is 14.4 Å². The van der Waals surface area contributed by atoms with Crippen LogP contribution in [0.2, 0.25) is 0 Å². The van der Waals surface area contributed by atoms with Gasteiger partial charge in [-0.15, -0.1) is 0 Å². The second-order valence-electron chi connectivity index (χ2n) is 4.31. The summed E-state index contributed by atoms with van der Waals surface area (Å²) < 4.78 is 52.9. The molecule has 2 N–H and O–H groups in total. The lowest BCUT2D eigenvalue weighted by Crippen LogP contribution is -2.10. The third-order valence-electron chi connectivity index (χ3n) is 2.96. The number of pyridine rings is 1. The van der Waals surface area contributed by atoms with Crippen LogP contribution in [0.1, 0.15) is 5.56 Å². The van der Waals surface area contributed by atoms with Crippen molar-refractivity contribution in [1.29, 1.82) is 0 Å². The highest BCUT2D eigenvalue weighted by Gasteiger charge is 2.34. The maximum absolute atomic E-state index is 13.3. The Morgan fingerprint density at radius 3 is 2.62 bits per heavy atom. The largest absolute Gasteiger partial charge is 0.419 e. The minimum atomic E-state index is -4.79. The number of aromatic nitrogens is 3. The molecule has 0 unspecified atom stereocenters. The molecule has 8 heteroatoms. The number of fused-ring (bicyclic) bond motifs is 1. The summed E-state index contributed by atoms with van der Waals surface area (Å²) in [4.78, 5) is 8.05. The van der Waals surface area contributed by atoms with E-state index in [0.29, 0.717) is 17.2 Å². The summed E-state index contributed by atoms with van der Waals surface area (Å²) in [7, 11) is 0. The van der Waals surface area contributed by atoms with Gasteiger partial charge in [0.2, 0.25) is 5.95 Å².